The minimum atomic E-state index is -0.202. The molecule has 0 aromatic heterocycles. The molecular formula is C14H20N2O2. The summed E-state index contributed by atoms with van der Waals surface area (Å²) in [5.74, 6) is 0.313. The Morgan fingerprint density at radius 2 is 2.22 bits per heavy atom. The van der Waals surface area contributed by atoms with Crippen LogP contribution < -0.4 is 10.6 Å². The summed E-state index contributed by atoms with van der Waals surface area (Å²) < 4.78 is 0. The number of phenolic OH excluding ortho intramolecular Hbond substituents is 1. The highest BCUT2D eigenvalue weighted by Gasteiger charge is 2.18. The molecule has 4 heteroatoms. The second kappa shape index (κ2) is 5.87. The van der Waals surface area contributed by atoms with Gasteiger partial charge >= 0.3 is 0 Å². The second-order valence-corrected chi connectivity index (χ2v) is 4.98. The van der Waals surface area contributed by atoms with Crippen LogP contribution in [0.3, 0.4) is 0 Å². The Bertz CT molecular complexity index is 412. The maximum absolute atomic E-state index is 11.9. The third-order valence-electron chi connectivity index (χ3n) is 3.46. The number of para-hydroxylation sites is 1. The minimum absolute atomic E-state index is 0.0328. The van der Waals surface area contributed by atoms with Crippen LogP contribution in [0.1, 0.15) is 30.1 Å². The number of piperidine rings is 1. The molecule has 2 unspecified atom stereocenters. The quantitative estimate of drug-likeness (QED) is 0.760. The van der Waals surface area contributed by atoms with Gasteiger partial charge in [-0.05, 0) is 44.4 Å². The number of benzene rings is 1. The molecule has 0 spiro atoms. The largest absolute Gasteiger partial charge is 0.507 e. The van der Waals surface area contributed by atoms with Gasteiger partial charge in [0.25, 0.3) is 5.91 Å². The zero-order valence-electron chi connectivity index (χ0n) is 10.6. The molecule has 2 atom stereocenters. The van der Waals surface area contributed by atoms with E-state index in [2.05, 4.69) is 17.6 Å². The summed E-state index contributed by atoms with van der Waals surface area (Å²) in [5.41, 5.74) is 0.342. The topological polar surface area (TPSA) is 61.4 Å². The molecule has 1 aliphatic heterocycles. The number of hydrogen-bond donors (Lipinski definition) is 3. The normalized spacial score (nSPS) is 23.6. The number of aromatic hydroxyl groups is 1. The van der Waals surface area contributed by atoms with E-state index in [4.69, 9.17) is 0 Å². The minimum Gasteiger partial charge on any atom is -0.507 e. The van der Waals surface area contributed by atoms with Gasteiger partial charge in [-0.1, -0.05) is 12.1 Å². The van der Waals surface area contributed by atoms with E-state index < -0.39 is 0 Å². The fraction of sp³-hybridized carbons (Fsp3) is 0.500. The molecule has 1 aromatic rings. The van der Waals surface area contributed by atoms with Gasteiger partial charge < -0.3 is 15.7 Å². The van der Waals surface area contributed by atoms with Crippen molar-refractivity contribution in [2.75, 3.05) is 13.1 Å². The van der Waals surface area contributed by atoms with E-state index in [0.29, 0.717) is 24.1 Å². The van der Waals surface area contributed by atoms with E-state index in [-0.39, 0.29) is 11.7 Å². The first kappa shape index (κ1) is 12.9. The fourth-order valence-corrected chi connectivity index (χ4v) is 2.23. The average molecular weight is 248 g/mol. The molecule has 0 radical (unpaired) electrons. The van der Waals surface area contributed by atoms with Crippen molar-refractivity contribution in [1.82, 2.24) is 10.6 Å². The van der Waals surface area contributed by atoms with E-state index >= 15 is 0 Å². The standard InChI is InChI=1S/C14H20N2O2/c1-10-6-7-11(8-15-10)9-16-14(18)12-4-2-3-5-13(12)17/h2-5,10-11,15,17H,6-9H2,1H3,(H,16,18). The Labute approximate surface area is 107 Å². The van der Waals surface area contributed by atoms with E-state index in [1.807, 2.05) is 0 Å². The number of rotatable bonds is 3. The summed E-state index contributed by atoms with van der Waals surface area (Å²) in [5, 5.41) is 15.9. The Kier molecular flexibility index (Phi) is 4.20. The highest BCUT2D eigenvalue weighted by molar-refractivity contribution is 5.96. The van der Waals surface area contributed by atoms with Gasteiger partial charge in [-0.2, -0.15) is 0 Å². The van der Waals surface area contributed by atoms with Gasteiger partial charge in [-0.25, -0.2) is 0 Å². The third kappa shape index (κ3) is 3.23. The van der Waals surface area contributed by atoms with Crippen LogP contribution in [0.4, 0.5) is 0 Å². The lowest BCUT2D eigenvalue weighted by Crippen LogP contribution is -2.41. The first-order valence-corrected chi connectivity index (χ1v) is 6.46. The molecule has 3 N–H and O–H groups in total. The van der Waals surface area contributed by atoms with Crippen LogP contribution in [0, 0.1) is 5.92 Å². The van der Waals surface area contributed by atoms with Gasteiger partial charge in [0.15, 0.2) is 0 Å². The number of phenols is 1. The van der Waals surface area contributed by atoms with Crippen LogP contribution in [0.2, 0.25) is 0 Å². The molecule has 1 fully saturated rings. The summed E-state index contributed by atoms with van der Waals surface area (Å²) in [6, 6.07) is 7.19. The fourth-order valence-electron chi connectivity index (χ4n) is 2.23. The number of amides is 1. The van der Waals surface area contributed by atoms with Gasteiger partial charge in [-0.15, -0.1) is 0 Å². The molecule has 0 aliphatic carbocycles. The first-order valence-electron chi connectivity index (χ1n) is 6.46. The van der Waals surface area contributed by atoms with E-state index in [9.17, 15) is 9.90 Å². The van der Waals surface area contributed by atoms with Crippen LogP contribution in [0.25, 0.3) is 0 Å². The highest BCUT2D eigenvalue weighted by Crippen LogP contribution is 2.16. The van der Waals surface area contributed by atoms with E-state index in [1.54, 1.807) is 18.2 Å². The average Bonchev–Trinajstić information content (AvgIpc) is 2.38. The predicted molar refractivity (Wildman–Crippen MR) is 70.6 cm³/mol. The van der Waals surface area contributed by atoms with Crippen molar-refractivity contribution in [3.8, 4) is 5.75 Å². The van der Waals surface area contributed by atoms with Crippen LogP contribution in [-0.2, 0) is 0 Å². The van der Waals surface area contributed by atoms with Crippen molar-refractivity contribution >= 4 is 5.91 Å². The number of carbonyl (C=O) groups excluding carboxylic acids is 1. The maximum atomic E-state index is 11.9. The Morgan fingerprint density at radius 3 is 2.89 bits per heavy atom. The van der Waals surface area contributed by atoms with Crippen molar-refractivity contribution in [2.45, 2.75) is 25.8 Å². The predicted octanol–water partition coefficient (Wildman–Crippen LogP) is 1.51. The van der Waals surface area contributed by atoms with Gasteiger partial charge in [0.05, 0.1) is 5.56 Å². The van der Waals surface area contributed by atoms with Gasteiger partial charge in [-0.3, -0.25) is 4.79 Å². The maximum Gasteiger partial charge on any atom is 0.255 e. The second-order valence-electron chi connectivity index (χ2n) is 4.98. The van der Waals surface area contributed by atoms with Crippen LogP contribution in [0.15, 0.2) is 24.3 Å². The third-order valence-corrected chi connectivity index (χ3v) is 3.46. The van der Waals surface area contributed by atoms with Crippen molar-refractivity contribution < 1.29 is 9.90 Å². The lowest BCUT2D eigenvalue weighted by Gasteiger charge is -2.27. The summed E-state index contributed by atoms with van der Waals surface area (Å²) in [6.07, 6.45) is 2.28. The van der Waals surface area contributed by atoms with Crippen molar-refractivity contribution in [3.63, 3.8) is 0 Å². The van der Waals surface area contributed by atoms with Gasteiger partial charge in [0.1, 0.15) is 5.75 Å². The zero-order valence-corrected chi connectivity index (χ0v) is 10.6. The molecule has 0 saturated carbocycles. The monoisotopic (exact) mass is 248 g/mol. The number of carbonyl (C=O) groups is 1. The lowest BCUT2D eigenvalue weighted by atomic mass is 9.95. The van der Waals surface area contributed by atoms with Crippen LogP contribution in [-0.4, -0.2) is 30.1 Å². The van der Waals surface area contributed by atoms with Crippen LogP contribution >= 0.6 is 0 Å². The molecule has 98 valence electrons. The molecule has 1 aliphatic rings. The lowest BCUT2D eigenvalue weighted by molar-refractivity contribution is 0.0941. The molecule has 1 amide bonds. The van der Waals surface area contributed by atoms with E-state index in [1.165, 1.54) is 6.07 Å². The molecule has 2 rings (SSSR count). The Morgan fingerprint density at radius 1 is 1.44 bits per heavy atom. The Balaban J connectivity index is 1.84. The molecule has 18 heavy (non-hydrogen) atoms. The van der Waals surface area contributed by atoms with Crippen molar-refractivity contribution in [1.29, 1.82) is 0 Å². The van der Waals surface area contributed by atoms with Gasteiger partial charge in [0.2, 0.25) is 0 Å². The summed E-state index contributed by atoms with van der Waals surface area (Å²) in [7, 11) is 0. The van der Waals surface area contributed by atoms with E-state index in [0.717, 1.165) is 19.4 Å². The molecule has 1 aromatic carbocycles. The SMILES string of the molecule is CC1CCC(CNC(=O)c2ccccc2O)CN1. The summed E-state index contributed by atoms with van der Waals surface area (Å²) in [4.78, 5) is 11.9. The molecule has 0 bridgehead atoms. The first-order chi connectivity index (χ1) is 8.66. The smallest absolute Gasteiger partial charge is 0.255 e. The summed E-state index contributed by atoms with van der Waals surface area (Å²) in [6.45, 7) is 3.78. The van der Waals surface area contributed by atoms with Crippen LogP contribution in [0.5, 0.6) is 5.75 Å². The zero-order chi connectivity index (χ0) is 13.0. The molecular weight excluding hydrogens is 228 g/mol. The highest BCUT2D eigenvalue weighted by atomic mass is 16.3. The number of nitrogens with one attached hydrogen (secondary N) is 2. The number of hydrogen-bond acceptors (Lipinski definition) is 3. The molecule has 1 saturated heterocycles. The van der Waals surface area contributed by atoms with Crippen molar-refractivity contribution in [2.24, 2.45) is 5.92 Å². The van der Waals surface area contributed by atoms with Gasteiger partial charge in [0, 0.05) is 12.6 Å². The molecule has 4 nitrogen and oxygen atoms in total. The summed E-state index contributed by atoms with van der Waals surface area (Å²) >= 11 is 0. The molecule has 1 heterocycles. The van der Waals surface area contributed by atoms with Crippen molar-refractivity contribution in [3.05, 3.63) is 29.8 Å². The Hall–Kier alpha value is -1.55.